The maximum Gasteiger partial charge on any atom is 0.308 e. The number of aliphatic hydroxyl groups is 1. The van der Waals surface area contributed by atoms with Gasteiger partial charge in [-0.15, -0.1) is 0 Å². The summed E-state index contributed by atoms with van der Waals surface area (Å²) in [6.07, 6.45) is 6.95. The van der Waals surface area contributed by atoms with E-state index in [0.717, 1.165) is 37.7 Å². The van der Waals surface area contributed by atoms with Gasteiger partial charge in [0.05, 0.1) is 30.8 Å². The van der Waals surface area contributed by atoms with Crippen molar-refractivity contribution in [2.45, 2.75) is 90.4 Å². The van der Waals surface area contributed by atoms with Gasteiger partial charge in [0, 0.05) is 11.3 Å². The first-order chi connectivity index (χ1) is 11.5. The zero-order valence-electron chi connectivity index (χ0n) is 16.6. The quantitative estimate of drug-likeness (QED) is 0.604. The van der Waals surface area contributed by atoms with E-state index in [9.17, 15) is 9.90 Å². The van der Waals surface area contributed by atoms with Gasteiger partial charge >= 0.3 is 5.97 Å². The van der Waals surface area contributed by atoms with Crippen molar-refractivity contribution in [3.63, 3.8) is 0 Å². The SMILES string of the molecule is COC(=O)C[C@]1(C)CC[C@@]2(O1)C(C)=C[C@H](O)[C@@H]1C(C)(C)CCC[C@@]12C. The van der Waals surface area contributed by atoms with Crippen molar-refractivity contribution in [3.8, 4) is 0 Å². The molecule has 5 atom stereocenters. The van der Waals surface area contributed by atoms with E-state index in [4.69, 9.17) is 9.47 Å². The monoisotopic (exact) mass is 350 g/mol. The molecule has 142 valence electrons. The lowest BCUT2D eigenvalue weighted by Crippen LogP contribution is -2.63. The Kier molecular flexibility index (Phi) is 4.40. The zero-order chi connectivity index (χ0) is 18.7. The first-order valence-corrected chi connectivity index (χ1v) is 9.64. The molecular formula is C21H34O4. The van der Waals surface area contributed by atoms with Crippen LogP contribution in [0.4, 0.5) is 0 Å². The highest BCUT2D eigenvalue weighted by Gasteiger charge is 2.66. The number of esters is 1. The Morgan fingerprint density at radius 3 is 2.56 bits per heavy atom. The predicted molar refractivity (Wildman–Crippen MR) is 97.1 cm³/mol. The second kappa shape index (κ2) is 5.82. The number of hydrogen-bond donors (Lipinski definition) is 1. The Bertz CT molecular complexity index is 595. The molecular weight excluding hydrogens is 316 g/mol. The maximum atomic E-state index is 11.9. The van der Waals surface area contributed by atoms with Crippen molar-refractivity contribution in [1.82, 2.24) is 0 Å². The Morgan fingerprint density at radius 1 is 1.24 bits per heavy atom. The fourth-order valence-electron chi connectivity index (χ4n) is 6.46. The minimum atomic E-state index is -0.500. The van der Waals surface area contributed by atoms with E-state index in [-0.39, 0.29) is 29.1 Å². The first-order valence-electron chi connectivity index (χ1n) is 9.64. The van der Waals surface area contributed by atoms with E-state index in [1.807, 2.05) is 13.0 Å². The molecule has 1 aliphatic heterocycles. The summed E-state index contributed by atoms with van der Waals surface area (Å²) >= 11 is 0. The topological polar surface area (TPSA) is 55.8 Å². The summed E-state index contributed by atoms with van der Waals surface area (Å²) in [5, 5.41) is 10.9. The molecule has 3 rings (SSSR count). The third kappa shape index (κ3) is 2.68. The summed E-state index contributed by atoms with van der Waals surface area (Å²) < 4.78 is 11.7. The average molecular weight is 350 g/mol. The van der Waals surface area contributed by atoms with E-state index in [1.54, 1.807) is 0 Å². The van der Waals surface area contributed by atoms with Crippen LogP contribution < -0.4 is 0 Å². The third-order valence-electron chi connectivity index (χ3n) is 7.54. The number of methoxy groups -OCH3 is 1. The molecule has 0 aromatic carbocycles. The Morgan fingerprint density at radius 2 is 1.92 bits per heavy atom. The Balaban J connectivity index is 2.03. The molecule has 0 bridgehead atoms. The fraction of sp³-hybridized carbons (Fsp3) is 0.857. The van der Waals surface area contributed by atoms with Gasteiger partial charge in [-0.05, 0) is 50.5 Å². The summed E-state index contributed by atoms with van der Waals surface area (Å²) in [5.41, 5.74) is 0.184. The number of hydrogen-bond acceptors (Lipinski definition) is 4. The van der Waals surface area contributed by atoms with Gasteiger partial charge in [0.15, 0.2) is 0 Å². The molecule has 1 N–H and O–H groups in total. The van der Waals surface area contributed by atoms with Crippen LogP contribution in [0, 0.1) is 16.7 Å². The van der Waals surface area contributed by atoms with Crippen LogP contribution in [0.1, 0.15) is 73.1 Å². The van der Waals surface area contributed by atoms with Crippen LogP contribution in [-0.4, -0.2) is 35.5 Å². The van der Waals surface area contributed by atoms with E-state index in [0.29, 0.717) is 0 Å². The number of ether oxygens (including phenoxy) is 2. The highest BCUT2D eigenvalue weighted by molar-refractivity contribution is 5.70. The number of carbonyl (C=O) groups is 1. The van der Waals surface area contributed by atoms with Crippen LogP contribution in [0.15, 0.2) is 11.6 Å². The molecule has 0 radical (unpaired) electrons. The standard InChI is InChI=1S/C21H34O4/c1-14-12-15(22)17-18(2,3)8-7-9-20(17,5)21(14)11-10-19(4,25-21)13-16(23)24-6/h12,15,17,22H,7-11,13H2,1-6H3/t15-,17+,19-,20-,21+/m0/s1. The molecule has 1 saturated carbocycles. The van der Waals surface area contributed by atoms with Crippen molar-refractivity contribution < 1.29 is 19.4 Å². The van der Waals surface area contributed by atoms with Gasteiger partial charge in [-0.3, -0.25) is 4.79 Å². The maximum absolute atomic E-state index is 11.9. The summed E-state index contributed by atoms with van der Waals surface area (Å²) in [7, 11) is 1.43. The lowest BCUT2D eigenvalue weighted by atomic mass is 9.46. The van der Waals surface area contributed by atoms with E-state index < -0.39 is 17.3 Å². The lowest BCUT2D eigenvalue weighted by molar-refractivity contribution is -0.209. The molecule has 0 unspecified atom stereocenters. The zero-order valence-corrected chi connectivity index (χ0v) is 16.6. The van der Waals surface area contributed by atoms with E-state index >= 15 is 0 Å². The van der Waals surface area contributed by atoms with Gasteiger partial charge in [0.25, 0.3) is 0 Å². The minimum Gasteiger partial charge on any atom is -0.469 e. The molecule has 0 aromatic heterocycles. The molecule has 0 aromatic rings. The largest absolute Gasteiger partial charge is 0.469 e. The Labute approximate surface area is 152 Å². The van der Waals surface area contributed by atoms with Gasteiger partial charge in [0.1, 0.15) is 0 Å². The molecule has 1 heterocycles. The second-order valence-corrected chi connectivity index (χ2v) is 9.71. The smallest absolute Gasteiger partial charge is 0.308 e. The van der Waals surface area contributed by atoms with Crippen LogP contribution in [0.25, 0.3) is 0 Å². The van der Waals surface area contributed by atoms with Crippen LogP contribution in [0.5, 0.6) is 0 Å². The second-order valence-electron chi connectivity index (χ2n) is 9.71. The van der Waals surface area contributed by atoms with Crippen molar-refractivity contribution in [1.29, 1.82) is 0 Å². The van der Waals surface area contributed by atoms with Gasteiger partial charge in [-0.2, -0.15) is 0 Å². The van der Waals surface area contributed by atoms with Crippen molar-refractivity contribution in [2.75, 3.05) is 7.11 Å². The van der Waals surface area contributed by atoms with Gasteiger partial charge in [-0.1, -0.05) is 33.3 Å². The molecule has 1 spiro atoms. The summed E-state index contributed by atoms with van der Waals surface area (Å²) in [5.74, 6) is -0.0550. The molecule has 25 heavy (non-hydrogen) atoms. The third-order valence-corrected chi connectivity index (χ3v) is 7.54. The molecule has 2 fully saturated rings. The molecule has 1 saturated heterocycles. The van der Waals surface area contributed by atoms with Gasteiger partial charge in [0.2, 0.25) is 0 Å². The molecule has 3 aliphatic rings. The highest BCUT2D eigenvalue weighted by atomic mass is 16.5. The number of fused-ring (bicyclic) bond motifs is 2. The Hall–Kier alpha value is -0.870. The molecule has 4 heteroatoms. The van der Waals surface area contributed by atoms with Crippen LogP contribution in [0.2, 0.25) is 0 Å². The molecule has 0 amide bonds. The first kappa shape index (κ1) is 18.9. The number of aliphatic hydroxyl groups excluding tert-OH is 1. The molecule has 2 aliphatic carbocycles. The summed E-state index contributed by atoms with van der Waals surface area (Å²) in [6.45, 7) is 11.0. The summed E-state index contributed by atoms with van der Waals surface area (Å²) in [4.78, 5) is 11.9. The summed E-state index contributed by atoms with van der Waals surface area (Å²) in [6, 6.07) is 0. The fourth-order valence-corrected chi connectivity index (χ4v) is 6.46. The van der Waals surface area contributed by atoms with E-state index in [1.165, 1.54) is 7.11 Å². The average Bonchev–Trinajstić information content (AvgIpc) is 2.84. The van der Waals surface area contributed by atoms with E-state index in [2.05, 4.69) is 27.7 Å². The highest BCUT2D eigenvalue weighted by Crippen LogP contribution is 2.66. The normalized spacial score (nSPS) is 45.8. The van der Waals surface area contributed by atoms with Gasteiger partial charge < -0.3 is 14.6 Å². The molecule has 4 nitrogen and oxygen atoms in total. The van der Waals surface area contributed by atoms with Crippen molar-refractivity contribution >= 4 is 5.97 Å². The van der Waals surface area contributed by atoms with Crippen LogP contribution in [-0.2, 0) is 14.3 Å². The number of rotatable bonds is 2. The van der Waals surface area contributed by atoms with Crippen molar-refractivity contribution in [3.05, 3.63) is 11.6 Å². The predicted octanol–water partition coefficient (Wildman–Crippen LogP) is 4.01. The van der Waals surface area contributed by atoms with Crippen LogP contribution >= 0.6 is 0 Å². The minimum absolute atomic E-state index is 0.0708. The van der Waals surface area contributed by atoms with Gasteiger partial charge in [-0.25, -0.2) is 0 Å². The lowest BCUT2D eigenvalue weighted by Gasteiger charge is -2.62. The number of carbonyl (C=O) groups excluding carboxylic acids is 1. The van der Waals surface area contributed by atoms with Crippen molar-refractivity contribution in [2.24, 2.45) is 16.7 Å². The van der Waals surface area contributed by atoms with Crippen LogP contribution in [0.3, 0.4) is 0 Å².